The van der Waals surface area contributed by atoms with E-state index in [2.05, 4.69) is 27.0 Å². The topological polar surface area (TPSA) is 41.6 Å². The van der Waals surface area contributed by atoms with Gasteiger partial charge in [-0.1, -0.05) is 0 Å². The zero-order chi connectivity index (χ0) is 14.9. The second-order valence-corrected chi connectivity index (χ2v) is 7.85. The molecule has 3 heterocycles. The summed E-state index contributed by atoms with van der Waals surface area (Å²) in [6.07, 6.45) is 4.62. The molecule has 3 atom stereocenters. The number of likely N-dealkylation sites (tertiary alicyclic amines) is 1. The fraction of sp³-hybridized carbons (Fsp3) is 0.706. The van der Waals surface area contributed by atoms with Crippen molar-refractivity contribution in [3.8, 4) is 0 Å². The Morgan fingerprint density at radius 1 is 1.41 bits per heavy atom. The van der Waals surface area contributed by atoms with E-state index in [1.54, 1.807) is 11.3 Å². The number of carbonyl (C=O) groups is 1. The third kappa shape index (κ3) is 3.53. The first-order chi connectivity index (χ1) is 10.8. The number of carbonyl (C=O) groups excluding carboxylic acids is 1. The van der Waals surface area contributed by atoms with Gasteiger partial charge in [0, 0.05) is 32.1 Å². The van der Waals surface area contributed by atoms with Gasteiger partial charge < -0.3 is 10.1 Å². The molecule has 2 aliphatic heterocycles. The second kappa shape index (κ2) is 6.30. The van der Waals surface area contributed by atoms with Gasteiger partial charge in [0.15, 0.2) is 0 Å². The highest BCUT2D eigenvalue weighted by Gasteiger charge is 2.42. The lowest BCUT2D eigenvalue weighted by Crippen LogP contribution is -2.30. The van der Waals surface area contributed by atoms with E-state index in [1.807, 2.05) is 0 Å². The third-order valence-electron chi connectivity index (χ3n) is 5.07. The monoisotopic (exact) mass is 320 g/mol. The molecule has 2 saturated heterocycles. The van der Waals surface area contributed by atoms with E-state index in [0.29, 0.717) is 18.4 Å². The lowest BCUT2D eigenvalue weighted by Gasteiger charge is -2.18. The first kappa shape index (κ1) is 14.7. The number of fused-ring (bicyclic) bond motifs is 1. The molecule has 0 unspecified atom stereocenters. The predicted octanol–water partition coefficient (Wildman–Crippen LogP) is 2.25. The maximum Gasteiger partial charge on any atom is 0.222 e. The number of hydrogen-bond donors (Lipinski definition) is 1. The standard InChI is InChI=1S/C17H24N2O2S/c20-17(18-7-12-1-2-12)6-15-5-14-9-19(10-16(14)21-15)8-13-3-4-22-11-13/h3-4,11-12,14-16H,1-2,5-10H2,(H,18,20)/t14-,15+,16+/m1/s1. The van der Waals surface area contributed by atoms with E-state index in [9.17, 15) is 4.79 Å². The van der Waals surface area contributed by atoms with E-state index < -0.39 is 0 Å². The van der Waals surface area contributed by atoms with Gasteiger partial charge in [-0.15, -0.1) is 0 Å². The van der Waals surface area contributed by atoms with E-state index in [4.69, 9.17) is 4.74 Å². The average molecular weight is 320 g/mol. The molecule has 1 aromatic heterocycles. The molecular formula is C17H24N2O2S. The molecule has 1 saturated carbocycles. The number of hydrogen-bond acceptors (Lipinski definition) is 4. The van der Waals surface area contributed by atoms with Gasteiger partial charge in [-0.25, -0.2) is 0 Å². The van der Waals surface area contributed by atoms with Crippen LogP contribution < -0.4 is 5.32 Å². The summed E-state index contributed by atoms with van der Waals surface area (Å²) in [6.45, 7) is 4.03. The van der Waals surface area contributed by atoms with E-state index >= 15 is 0 Å². The Kier molecular flexibility index (Phi) is 4.20. The Bertz CT molecular complexity index is 501. The quantitative estimate of drug-likeness (QED) is 0.874. The Labute approximate surface area is 135 Å². The van der Waals surface area contributed by atoms with Crippen molar-refractivity contribution in [3.63, 3.8) is 0 Å². The molecule has 22 heavy (non-hydrogen) atoms. The average Bonchev–Trinajstić information content (AvgIpc) is 2.85. The fourth-order valence-corrected chi connectivity index (χ4v) is 4.37. The van der Waals surface area contributed by atoms with Gasteiger partial charge in [-0.05, 0) is 47.6 Å². The summed E-state index contributed by atoms with van der Waals surface area (Å²) in [4.78, 5) is 14.4. The van der Waals surface area contributed by atoms with Gasteiger partial charge in [-0.2, -0.15) is 11.3 Å². The maximum absolute atomic E-state index is 11.9. The minimum atomic E-state index is 0.137. The van der Waals surface area contributed by atoms with Crippen LogP contribution >= 0.6 is 11.3 Å². The minimum absolute atomic E-state index is 0.137. The number of thiophene rings is 1. The zero-order valence-electron chi connectivity index (χ0n) is 12.9. The van der Waals surface area contributed by atoms with Crippen LogP contribution in [0.15, 0.2) is 16.8 Å². The Hall–Kier alpha value is -0.910. The summed E-state index contributed by atoms with van der Waals surface area (Å²) < 4.78 is 6.13. The summed E-state index contributed by atoms with van der Waals surface area (Å²) in [5.41, 5.74) is 1.40. The first-order valence-corrected chi connectivity index (χ1v) is 9.36. The van der Waals surface area contributed by atoms with E-state index in [1.165, 1.54) is 18.4 Å². The molecule has 4 nitrogen and oxygen atoms in total. The van der Waals surface area contributed by atoms with E-state index in [0.717, 1.165) is 38.5 Å². The number of ether oxygens (including phenoxy) is 1. The molecule has 0 spiro atoms. The van der Waals surface area contributed by atoms with E-state index in [-0.39, 0.29) is 12.0 Å². The van der Waals surface area contributed by atoms with Crippen molar-refractivity contribution in [1.82, 2.24) is 10.2 Å². The molecule has 3 aliphatic rings. The third-order valence-corrected chi connectivity index (χ3v) is 5.81. The molecule has 0 bridgehead atoms. The van der Waals surface area contributed by atoms with Crippen molar-refractivity contribution in [3.05, 3.63) is 22.4 Å². The van der Waals surface area contributed by atoms with Crippen molar-refractivity contribution in [2.24, 2.45) is 11.8 Å². The molecule has 1 N–H and O–H groups in total. The number of nitrogens with zero attached hydrogens (tertiary/aromatic N) is 1. The van der Waals surface area contributed by atoms with Crippen LogP contribution in [0.1, 0.15) is 31.2 Å². The van der Waals surface area contributed by atoms with Crippen molar-refractivity contribution in [2.75, 3.05) is 19.6 Å². The molecule has 4 rings (SSSR count). The lowest BCUT2D eigenvalue weighted by atomic mass is 10.0. The van der Waals surface area contributed by atoms with Crippen LogP contribution in [-0.2, 0) is 16.1 Å². The van der Waals surface area contributed by atoms with Gasteiger partial charge in [0.1, 0.15) is 0 Å². The highest BCUT2D eigenvalue weighted by atomic mass is 32.1. The van der Waals surface area contributed by atoms with Gasteiger partial charge in [-0.3, -0.25) is 9.69 Å². The molecular weight excluding hydrogens is 296 g/mol. The zero-order valence-corrected chi connectivity index (χ0v) is 13.7. The highest BCUT2D eigenvalue weighted by Crippen LogP contribution is 2.35. The van der Waals surface area contributed by atoms with Crippen LogP contribution in [0.5, 0.6) is 0 Å². The number of rotatable bonds is 6. The summed E-state index contributed by atoms with van der Waals surface area (Å²) in [7, 11) is 0. The summed E-state index contributed by atoms with van der Waals surface area (Å²) in [6, 6.07) is 2.20. The molecule has 0 radical (unpaired) electrons. The highest BCUT2D eigenvalue weighted by molar-refractivity contribution is 7.07. The minimum Gasteiger partial charge on any atom is -0.373 e. The summed E-state index contributed by atoms with van der Waals surface area (Å²) >= 11 is 1.76. The van der Waals surface area contributed by atoms with Crippen molar-refractivity contribution in [1.29, 1.82) is 0 Å². The lowest BCUT2D eigenvalue weighted by molar-refractivity contribution is -0.123. The van der Waals surface area contributed by atoms with Crippen molar-refractivity contribution < 1.29 is 9.53 Å². The molecule has 1 aliphatic carbocycles. The molecule has 1 amide bonds. The summed E-state index contributed by atoms with van der Waals surface area (Å²) in [5, 5.41) is 7.41. The number of nitrogens with one attached hydrogen (secondary N) is 1. The molecule has 5 heteroatoms. The predicted molar refractivity (Wildman–Crippen MR) is 86.7 cm³/mol. The maximum atomic E-state index is 11.9. The van der Waals surface area contributed by atoms with Crippen LogP contribution in [0.2, 0.25) is 0 Å². The smallest absolute Gasteiger partial charge is 0.222 e. The Balaban J connectivity index is 1.20. The second-order valence-electron chi connectivity index (χ2n) is 7.07. The van der Waals surface area contributed by atoms with Crippen LogP contribution in [0.4, 0.5) is 0 Å². The molecule has 0 aromatic carbocycles. The normalized spacial score (nSPS) is 31.4. The molecule has 3 fully saturated rings. The summed E-state index contributed by atoms with van der Waals surface area (Å²) in [5.74, 6) is 1.53. The van der Waals surface area contributed by atoms with Crippen LogP contribution in [-0.4, -0.2) is 42.6 Å². The van der Waals surface area contributed by atoms with Gasteiger partial charge in [0.2, 0.25) is 5.91 Å². The largest absolute Gasteiger partial charge is 0.373 e. The Morgan fingerprint density at radius 3 is 3.05 bits per heavy atom. The first-order valence-electron chi connectivity index (χ1n) is 8.42. The molecule has 1 aromatic rings. The van der Waals surface area contributed by atoms with Crippen LogP contribution in [0.3, 0.4) is 0 Å². The van der Waals surface area contributed by atoms with Gasteiger partial charge >= 0.3 is 0 Å². The SMILES string of the molecule is O=C(C[C@@H]1C[C@@H]2CN(Cc3ccsc3)C[C@@H]2O1)NCC1CC1. The van der Waals surface area contributed by atoms with Gasteiger partial charge in [0.25, 0.3) is 0 Å². The van der Waals surface area contributed by atoms with Crippen molar-refractivity contribution >= 4 is 17.2 Å². The van der Waals surface area contributed by atoms with Crippen LogP contribution in [0, 0.1) is 11.8 Å². The van der Waals surface area contributed by atoms with Crippen molar-refractivity contribution in [2.45, 2.75) is 44.4 Å². The fourth-order valence-electron chi connectivity index (χ4n) is 3.71. The Morgan fingerprint density at radius 2 is 2.32 bits per heavy atom. The van der Waals surface area contributed by atoms with Crippen LogP contribution in [0.25, 0.3) is 0 Å². The van der Waals surface area contributed by atoms with Gasteiger partial charge in [0.05, 0.1) is 18.6 Å². The molecule has 120 valence electrons. The number of amides is 1.